The SMILES string of the molecule is CSC(=S)O[C@H](c1ccccc1)[C@H]1C[C@H]2OC(C)(C)O[C@H]2O1. The summed E-state index contributed by atoms with van der Waals surface area (Å²) >= 11 is 6.65. The smallest absolute Gasteiger partial charge is 0.220 e. The summed E-state index contributed by atoms with van der Waals surface area (Å²) in [6, 6.07) is 10.00. The van der Waals surface area contributed by atoms with Crippen LogP contribution in [0.5, 0.6) is 0 Å². The van der Waals surface area contributed by atoms with Crippen LogP contribution in [0.4, 0.5) is 0 Å². The summed E-state index contributed by atoms with van der Waals surface area (Å²) in [7, 11) is 0. The van der Waals surface area contributed by atoms with Gasteiger partial charge in [0.15, 0.2) is 18.2 Å². The van der Waals surface area contributed by atoms with Gasteiger partial charge in [0.2, 0.25) is 4.38 Å². The van der Waals surface area contributed by atoms with Gasteiger partial charge >= 0.3 is 0 Å². The summed E-state index contributed by atoms with van der Waals surface area (Å²) < 4.78 is 24.2. The van der Waals surface area contributed by atoms with Crippen LogP contribution in [-0.4, -0.2) is 34.9 Å². The highest BCUT2D eigenvalue weighted by molar-refractivity contribution is 8.22. The fraction of sp³-hybridized carbons (Fsp3) is 0.562. The Kier molecular flexibility index (Phi) is 4.75. The minimum absolute atomic E-state index is 0.0577. The van der Waals surface area contributed by atoms with Crippen molar-refractivity contribution >= 4 is 28.4 Å². The van der Waals surface area contributed by atoms with Gasteiger partial charge in [0.05, 0.1) is 0 Å². The van der Waals surface area contributed by atoms with Crippen molar-refractivity contribution in [1.29, 1.82) is 0 Å². The van der Waals surface area contributed by atoms with Crippen LogP contribution in [0.15, 0.2) is 30.3 Å². The molecule has 120 valence electrons. The van der Waals surface area contributed by atoms with Gasteiger partial charge in [0.25, 0.3) is 0 Å². The van der Waals surface area contributed by atoms with Crippen LogP contribution in [0, 0.1) is 0 Å². The molecule has 22 heavy (non-hydrogen) atoms. The molecule has 6 heteroatoms. The second kappa shape index (κ2) is 6.45. The van der Waals surface area contributed by atoms with E-state index in [9.17, 15) is 0 Å². The van der Waals surface area contributed by atoms with Crippen molar-refractivity contribution in [2.45, 2.75) is 50.7 Å². The maximum absolute atomic E-state index is 6.04. The molecule has 3 rings (SSSR count). The molecule has 2 saturated heterocycles. The molecule has 2 heterocycles. The Balaban J connectivity index is 1.75. The normalized spacial score (nSPS) is 30.8. The van der Waals surface area contributed by atoms with E-state index in [4.69, 9.17) is 31.2 Å². The highest BCUT2D eigenvalue weighted by Crippen LogP contribution is 2.42. The van der Waals surface area contributed by atoms with Gasteiger partial charge in [0, 0.05) is 6.42 Å². The molecule has 0 N–H and O–H groups in total. The van der Waals surface area contributed by atoms with Crippen LogP contribution in [0.3, 0.4) is 0 Å². The number of hydrogen-bond donors (Lipinski definition) is 0. The topological polar surface area (TPSA) is 36.9 Å². The molecule has 2 aliphatic heterocycles. The van der Waals surface area contributed by atoms with Crippen molar-refractivity contribution in [2.24, 2.45) is 0 Å². The van der Waals surface area contributed by atoms with E-state index in [1.807, 2.05) is 50.4 Å². The Hall–Kier alpha value is -0.660. The zero-order valence-corrected chi connectivity index (χ0v) is 14.5. The Labute approximate surface area is 140 Å². The van der Waals surface area contributed by atoms with Crippen molar-refractivity contribution in [2.75, 3.05) is 6.26 Å². The summed E-state index contributed by atoms with van der Waals surface area (Å²) in [5.74, 6) is -0.585. The average molecular weight is 340 g/mol. The predicted octanol–water partition coefficient (Wildman–Crippen LogP) is 3.66. The van der Waals surface area contributed by atoms with E-state index in [0.717, 1.165) is 12.0 Å². The van der Waals surface area contributed by atoms with Crippen molar-refractivity contribution in [3.63, 3.8) is 0 Å². The monoisotopic (exact) mass is 340 g/mol. The van der Waals surface area contributed by atoms with Gasteiger partial charge in [-0.05, 0) is 37.9 Å². The lowest BCUT2D eigenvalue weighted by Gasteiger charge is -2.27. The minimum Gasteiger partial charge on any atom is -0.468 e. The quantitative estimate of drug-likeness (QED) is 0.782. The van der Waals surface area contributed by atoms with Crippen LogP contribution in [0.2, 0.25) is 0 Å². The molecule has 0 aliphatic carbocycles. The van der Waals surface area contributed by atoms with Crippen LogP contribution in [0.1, 0.15) is 31.9 Å². The van der Waals surface area contributed by atoms with Crippen LogP contribution < -0.4 is 0 Å². The van der Waals surface area contributed by atoms with Gasteiger partial charge in [-0.25, -0.2) is 0 Å². The van der Waals surface area contributed by atoms with E-state index in [0.29, 0.717) is 4.38 Å². The lowest BCUT2D eigenvalue weighted by Crippen LogP contribution is -2.28. The number of ether oxygens (including phenoxy) is 4. The largest absolute Gasteiger partial charge is 0.468 e. The molecule has 0 saturated carbocycles. The van der Waals surface area contributed by atoms with Crippen molar-refractivity contribution < 1.29 is 18.9 Å². The van der Waals surface area contributed by atoms with Gasteiger partial charge in [-0.3, -0.25) is 0 Å². The maximum atomic E-state index is 6.04. The van der Waals surface area contributed by atoms with Crippen LogP contribution in [-0.2, 0) is 18.9 Å². The zero-order valence-electron chi connectivity index (χ0n) is 12.9. The molecule has 4 nitrogen and oxygen atoms in total. The molecule has 1 aromatic carbocycles. The fourth-order valence-electron chi connectivity index (χ4n) is 2.88. The number of benzene rings is 1. The van der Waals surface area contributed by atoms with E-state index in [-0.39, 0.29) is 24.6 Å². The highest BCUT2D eigenvalue weighted by Gasteiger charge is 2.51. The molecule has 0 aromatic heterocycles. The number of thioether (sulfide) groups is 1. The van der Waals surface area contributed by atoms with Gasteiger partial charge in [-0.2, -0.15) is 0 Å². The molecule has 0 unspecified atom stereocenters. The van der Waals surface area contributed by atoms with Crippen molar-refractivity contribution in [3.05, 3.63) is 35.9 Å². The summed E-state index contributed by atoms with van der Waals surface area (Å²) in [6.07, 6.45) is 1.85. The van der Waals surface area contributed by atoms with Gasteiger partial charge in [0.1, 0.15) is 12.2 Å². The molecule has 0 spiro atoms. The van der Waals surface area contributed by atoms with Crippen molar-refractivity contribution in [3.8, 4) is 0 Å². The summed E-state index contributed by atoms with van der Waals surface area (Å²) in [4.78, 5) is 0. The predicted molar refractivity (Wildman–Crippen MR) is 89.7 cm³/mol. The average Bonchev–Trinajstić information content (AvgIpc) is 2.98. The first-order valence-electron chi connectivity index (χ1n) is 7.29. The van der Waals surface area contributed by atoms with E-state index in [1.54, 1.807) is 0 Å². The first-order chi connectivity index (χ1) is 10.5. The fourth-order valence-corrected chi connectivity index (χ4v) is 3.19. The van der Waals surface area contributed by atoms with Gasteiger partial charge < -0.3 is 18.9 Å². The maximum Gasteiger partial charge on any atom is 0.220 e. The molecule has 4 atom stereocenters. The van der Waals surface area contributed by atoms with E-state index in [1.165, 1.54) is 11.8 Å². The summed E-state index contributed by atoms with van der Waals surface area (Å²) in [5, 5.41) is 0. The Bertz CT molecular complexity index is 518. The second-order valence-corrected chi connectivity index (χ2v) is 7.26. The molecule has 0 amide bonds. The molecular formula is C16H20O4S2. The molecule has 0 radical (unpaired) electrons. The van der Waals surface area contributed by atoms with E-state index < -0.39 is 5.79 Å². The molecule has 1 aromatic rings. The lowest BCUT2D eigenvalue weighted by molar-refractivity contribution is -0.213. The number of fused-ring (bicyclic) bond motifs is 1. The number of thiocarbonyl (C=S) groups is 1. The third kappa shape index (κ3) is 3.46. The first-order valence-corrected chi connectivity index (χ1v) is 8.92. The number of hydrogen-bond acceptors (Lipinski definition) is 6. The molecule has 0 bridgehead atoms. The molecule has 2 aliphatic rings. The lowest BCUT2D eigenvalue weighted by atomic mass is 10.0. The van der Waals surface area contributed by atoms with Crippen molar-refractivity contribution in [1.82, 2.24) is 0 Å². The van der Waals surface area contributed by atoms with Crippen LogP contribution >= 0.6 is 24.0 Å². The molecular weight excluding hydrogens is 320 g/mol. The minimum atomic E-state index is -0.585. The van der Waals surface area contributed by atoms with E-state index >= 15 is 0 Å². The second-order valence-electron chi connectivity index (χ2n) is 5.86. The summed E-state index contributed by atoms with van der Waals surface area (Å²) in [6.45, 7) is 3.80. The number of rotatable bonds is 3. The Morgan fingerprint density at radius 3 is 2.68 bits per heavy atom. The first kappa shape index (κ1) is 16.2. The van der Waals surface area contributed by atoms with E-state index in [2.05, 4.69) is 0 Å². The van der Waals surface area contributed by atoms with Crippen LogP contribution in [0.25, 0.3) is 0 Å². The third-order valence-corrected chi connectivity index (χ3v) is 4.79. The molecule has 2 fully saturated rings. The zero-order chi connectivity index (χ0) is 15.7. The summed E-state index contributed by atoms with van der Waals surface area (Å²) in [5.41, 5.74) is 1.04. The Morgan fingerprint density at radius 1 is 1.32 bits per heavy atom. The van der Waals surface area contributed by atoms with Gasteiger partial charge in [-0.15, -0.1) is 0 Å². The Morgan fingerprint density at radius 2 is 2.05 bits per heavy atom. The highest BCUT2D eigenvalue weighted by atomic mass is 32.2. The van der Waals surface area contributed by atoms with Gasteiger partial charge in [-0.1, -0.05) is 42.1 Å². The standard InChI is InChI=1S/C16H20O4S2/c1-16(2)19-12-9-11(17-14(12)20-16)13(18-15(21)22-3)10-7-5-4-6-8-10/h4-8,11-14H,9H2,1-3H3/t11-,12-,13-,14-/m1/s1. The third-order valence-electron chi connectivity index (χ3n) is 3.77.